The van der Waals surface area contributed by atoms with E-state index in [0.29, 0.717) is 12.4 Å². The molecular formula is C13H24N4O. The highest BCUT2D eigenvalue weighted by Gasteiger charge is 2.32. The predicted octanol–water partition coefficient (Wildman–Crippen LogP) is 1.24. The lowest BCUT2D eigenvalue weighted by molar-refractivity contribution is -0.0550. The van der Waals surface area contributed by atoms with Crippen molar-refractivity contribution >= 4 is 5.82 Å². The lowest BCUT2D eigenvalue weighted by Gasteiger charge is -2.36. The molecule has 2 atom stereocenters. The van der Waals surface area contributed by atoms with Gasteiger partial charge in [-0.1, -0.05) is 6.92 Å². The molecule has 0 spiro atoms. The Balaban J connectivity index is 2.83. The van der Waals surface area contributed by atoms with Crippen molar-refractivity contribution in [3.63, 3.8) is 0 Å². The normalized spacial score (nSPS) is 16.2. The second-order valence-corrected chi connectivity index (χ2v) is 4.61. The first-order valence-electron chi connectivity index (χ1n) is 6.36. The van der Waals surface area contributed by atoms with Crippen molar-refractivity contribution in [1.29, 1.82) is 0 Å². The van der Waals surface area contributed by atoms with Crippen LogP contribution in [0.25, 0.3) is 0 Å². The molecule has 18 heavy (non-hydrogen) atoms. The zero-order chi connectivity index (χ0) is 13.6. The second kappa shape index (κ2) is 6.68. The number of aromatic nitrogens is 1. The summed E-state index contributed by atoms with van der Waals surface area (Å²) in [5.74, 6) is 6.20. The summed E-state index contributed by atoms with van der Waals surface area (Å²) >= 11 is 0. The molecule has 1 aromatic heterocycles. The maximum atomic E-state index is 5.84. The minimum Gasteiger partial charge on any atom is -0.384 e. The van der Waals surface area contributed by atoms with Crippen molar-refractivity contribution in [1.82, 2.24) is 10.4 Å². The summed E-state index contributed by atoms with van der Waals surface area (Å²) in [4.78, 5) is 3.99. The molecule has 0 amide bonds. The molecule has 1 aromatic rings. The summed E-state index contributed by atoms with van der Waals surface area (Å²) in [5, 5.41) is 0. The van der Waals surface area contributed by atoms with E-state index in [2.05, 4.69) is 24.3 Å². The first kappa shape index (κ1) is 14.9. The zero-order valence-corrected chi connectivity index (χ0v) is 11.4. The molecule has 0 aromatic carbocycles. The van der Waals surface area contributed by atoms with Crippen LogP contribution in [0.15, 0.2) is 18.3 Å². The second-order valence-electron chi connectivity index (χ2n) is 4.61. The van der Waals surface area contributed by atoms with Crippen molar-refractivity contribution in [3.05, 3.63) is 23.9 Å². The largest absolute Gasteiger partial charge is 0.384 e. The Morgan fingerprint density at radius 1 is 1.50 bits per heavy atom. The van der Waals surface area contributed by atoms with Gasteiger partial charge >= 0.3 is 0 Å². The zero-order valence-electron chi connectivity index (χ0n) is 11.4. The van der Waals surface area contributed by atoms with Gasteiger partial charge in [-0.3, -0.25) is 11.3 Å². The molecule has 2 unspecified atom stereocenters. The number of nitrogen functional groups attached to an aromatic ring is 1. The van der Waals surface area contributed by atoms with Gasteiger partial charge in [-0.2, -0.15) is 0 Å². The summed E-state index contributed by atoms with van der Waals surface area (Å²) < 4.78 is 5.84. The summed E-state index contributed by atoms with van der Waals surface area (Å²) in [6.45, 7) is 6.83. The molecular weight excluding hydrogens is 228 g/mol. The lowest BCUT2D eigenvalue weighted by atomic mass is 9.89. The van der Waals surface area contributed by atoms with Crippen LogP contribution in [-0.4, -0.2) is 23.2 Å². The molecule has 5 heteroatoms. The van der Waals surface area contributed by atoms with E-state index >= 15 is 0 Å². The van der Waals surface area contributed by atoms with E-state index in [1.807, 2.05) is 19.1 Å². The van der Waals surface area contributed by atoms with Crippen molar-refractivity contribution in [2.75, 3.05) is 12.3 Å². The first-order valence-corrected chi connectivity index (χ1v) is 6.36. The Morgan fingerprint density at radius 2 is 2.22 bits per heavy atom. The number of nitrogens with one attached hydrogen (secondary N) is 1. The van der Waals surface area contributed by atoms with Gasteiger partial charge < -0.3 is 10.5 Å². The third kappa shape index (κ3) is 3.66. The first-order chi connectivity index (χ1) is 8.55. The maximum Gasteiger partial charge on any atom is 0.123 e. The maximum absolute atomic E-state index is 5.84. The molecule has 0 fully saturated rings. The third-order valence-corrected chi connectivity index (χ3v) is 3.40. The van der Waals surface area contributed by atoms with Crippen molar-refractivity contribution in [2.45, 2.75) is 45.3 Å². The number of anilines is 1. The number of nitrogens with zero attached hydrogens (tertiary/aromatic N) is 1. The summed E-state index contributed by atoms with van der Waals surface area (Å²) in [6.07, 6.45) is 3.35. The standard InChI is InChI=1S/C13H24N4O/c1-4-13(3,18-5-2)11(17-15)8-10-6-7-16-12(14)9-10/h6-7,9,11,17H,4-5,8,15H2,1-3H3,(H2,14,16). The number of pyridine rings is 1. The van der Waals surface area contributed by atoms with Crippen LogP contribution in [0, 0.1) is 0 Å². The highest BCUT2D eigenvalue weighted by atomic mass is 16.5. The Hall–Kier alpha value is -1.17. The lowest BCUT2D eigenvalue weighted by Crippen LogP contribution is -2.54. The fourth-order valence-electron chi connectivity index (χ4n) is 2.09. The highest BCUT2D eigenvalue weighted by Crippen LogP contribution is 2.23. The molecule has 0 aliphatic carbocycles. The summed E-state index contributed by atoms with van der Waals surface area (Å²) in [7, 11) is 0. The molecule has 5 nitrogen and oxygen atoms in total. The van der Waals surface area contributed by atoms with E-state index in [1.165, 1.54) is 0 Å². The average molecular weight is 252 g/mol. The molecule has 1 rings (SSSR count). The summed E-state index contributed by atoms with van der Waals surface area (Å²) in [5.41, 5.74) is 9.35. The highest BCUT2D eigenvalue weighted by molar-refractivity contribution is 5.32. The van der Waals surface area contributed by atoms with Crippen LogP contribution in [0.1, 0.15) is 32.8 Å². The van der Waals surface area contributed by atoms with Crippen LogP contribution in [0.4, 0.5) is 5.82 Å². The molecule has 0 saturated carbocycles. The van der Waals surface area contributed by atoms with Crippen LogP contribution in [-0.2, 0) is 11.2 Å². The number of hydrogen-bond donors (Lipinski definition) is 3. The van der Waals surface area contributed by atoms with E-state index in [0.717, 1.165) is 18.4 Å². The Bertz CT molecular complexity index is 372. The van der Waals surface area contributed by atoms with Gasteiger partial charge in [0, 0.05) is 12.8 Å². The quantitative estimate of drug-likeness (QED) is 0.502. The minimum atomic E-state index is -0.290. The molecule has 0 bridgehead atoms. The Morgan fingerprint density at radius 3 is 2.72 bits per heavy atom. The van der Waals surface area contributed by atoms with Crippen molar-refractivity contribution in [3.8, 4) is 0 Å². The topological polar surface area (TPSA) is 86.2 Å². The van der Waals surface area contributed by atoms with E-state index in [4.69, 9.17) is 16.3 Å². The van der Waals surface area contributed by atoms with Gasteiger partial charge in [0.2, 0.25) is 0 Å². The van der Waals surface area contributed by atoms with Gasteiger partial charge in [0.15, 0.2) is 0 Å². The monoisotopic (exact) mass is 252 g/mol. The number of rotatable bonds is 7. The third-order valence-electron chi connectivity index (χ3n) is 3.40. The molecule has 102 valence electrons. The van der Waals surface area contributed by atoms with Gasteiger partial charge in [0.05, 0.1) is 11.6 Å². The van der Waals surface area contributed by atoms with Crippen LogP contribution in [0.2, 0.25) is 0 Å². The van der Waals surface area contributed by atoms with Crippen molar-refractivity contribution in [2.24, 2.45) is 5.84 Å². The SMILES string of the molecule is CCOC(C)(CC)C(Cc1ccnc(N)c1)NN. The molecule has 0 saturated heterocycles. The van der Waals surface area contributed by atoms with E-state index in [-0.39, 0.29) is 11.6 Å². The van der Waals surface area contributed by atoms with Gasteiger partial charge in [-0.15, -0.1) is 0 Å². The summed E-state index contributed by atoms with van der Waals surface area (Å²) in [6, 6.07) is 3.85. The number of ether oxygens (including phenoxy) is 1. The van der Waals surface area contributed by atoms with Crippen LogP contribution in [0.3, 0.4) is 0 Å². The fourth-order valence-corrected chi connectivity index (χ4v) is 2.09. The van der Waals surface area contributed by atoms with Gasteiger partial charge in [-0.25, -0.2) is 4.98 Å². The number of nitrogens with two attached hydrogens (primary N) is 2. The Labute approximate surface area is 109 Å². The number of hydrazine groups is 1. The van der Waals surface area contributed by atoms with E-state index in [1.54, 1.807) is 6.20 Å². The van der Waals surface area contributed by atoms with Gasteiger partial charge in [-0.05, 0) is 44.4 Å². The Kier molecular flexibility index (Phi) is 5.53. The smallest absolute Gasteiger partial charge is 0.123 e. The van der Waals surface area contributed by atoms with E-state index in [9.17, 15) is 0 Å². The molecule has 0 radical (unpaired) electrons. The minimum absolute atomic E-state index is 0.0317. The van der Waals surface area contributed by atoms with Crippen LogP contribution < -0.4 is 17.0 Å². The molecule has 0 aliphatic rings. The van der Waals surface area contributed by atoms with Crippen LogP contribution >= 0.6 is 0 Å². The average Bonchev–Trinajstić information content (AvgIpc) is 2.36. The fraction of sp³-hybridized carbons (Fsp3) is 0.615. The van der Waals surface area contributed by atoms with Crippen molar-refractivity contribution < 1.29 is 4.74 Å². The van der Waals surface area contributed by atoms with E-state index < -0.39 is 0 Å². The predicted molar refractivity (Wildman–Crippen MR) is 73.8 cm³/mol. The van der Waals surface area contributed by atoms with Gasteiger partial charge in [0.25, 0.3) is 0 Å². The number of hydrogen-bond acceptors (Lipinski definition) is 5. The molecule has 5 N–H and O–H groups in total. The molecule has 0 aliphatic heterocycles. The molecule has 1 heterocycles. The van der Waals surface area contributed by atoms with Crippen LogP contribution in [0.5, 0.6) is 0 Å². The van der Waals surface area contributed by atoms with Gasteiger partial charge in [0.1, 0.15) is 5.82 Å².